The molecule has 0 heterocycles. The molecule has 2 rings (SSSR count). The summed E-state index contributed by atoms with van der Waals surface area (Å²) in [5.74, 6) is -1.92. The maximum absolute atomic E-state index is 11.8. The molecule has 0 saturated heterocycles. The van der Waals surface area contributed by atoms with E-state index in [4.69, 9.17) is 0 Å². The minimum atomic E-state index is -0.870. The van der Waals surface area contributed by atoms with Gasteiger partial charge in [-0.1, -0.05) is 69.3 Å². The van der Waals surface area contributed by atoms with Gasteiger partial charge in [0.05, 0.1) is 18.6 Å². The number of hydrogen-bond donors (Lipinski definition) is 1. The van der Waals surface area contributed by atoms with Crippen LogP contribution in [0.5, 0.6) is 0 Å². The van der Waals surface area contributed by atoms with E-state index < -0.39 is 17.9 Å². The van der Waals surface area contributed by atoms with Gasteiger partial charge in [0.15, 0.2) is 0 Å². The lowest BCUT2D eigenvalue weighted by Gasteiger charge is -2.14. The van der Waals surface area contributed by atoms with Crippen LogP contribution >= 0.6 is 0 Å². The molecule has 4 heteroatoms. The number of carboxylic acid groups (broad SMARTS) is 1. The van der Waals surface area contributed by atoms with E-state index in [1.807, 2.05) is 30.3 Å². The summed E-state index contributed by atoms with van der Waals surface area (Å²) in [6.45, 7) is 6.39. The van der Waals surface area contributed by atoms with Crippen LogP contribution < -0.4 is 0 Å². The van der Waals surface area contributed by atoms with Gasteiger partial charge in [0.1, 0.15) is 0 Å². The second-order valence-electron chi connectivity index (χ2n) is 7.65. The van der Waals surface area contributed by atoms with Crippen molar-refractivity contribution in [3.63, 3.8) is 0 Å². The van der Waals surface area contributed by atoms with Gasteiger partial charge < -0.3 is 9.84 Å². The van der Waals surface area contributed by atoms with E-state index >= 15 is 0 Å². The SMILES string of the molecule is COC(=O)c1ccc(CC(C(=O)O)c2ccc(C=CC(C)(C)C)cc2)cc1. The molecule has 0 amide bonds. The first-order valence-corrected chi connectivity index (χ1v) is 8.89. The van der Waals surface area contributed by atoms with Crippen molar-refractivity contribution in [2.24, 2.45) is 5.41 Å². The molecule has 0 saturated carbocycles. The van der Waals surface area contributed by atoms with Crippen LogP contribution in [0.25, 0.3) is 6.08 Å². The highest BCUT2D eigenvalue weighted by Gasteiger charge is 2.20. The fourth-order valence-electron chi connectivity index (χ4n) is 2.66. The van der Waals surface area contributed by atoms with E-state index in [1.54, 1.807) is 24.3 Å². The lowest BCUT2D eigenvalue weighted by Crippen LogP contribution is -2.14. The molecule has 1 unspecified atom stereocenters. The summed E-state index contributed by atoms with van der Waals surface area (Å²) in [6, 6.07) is 14.4. The fraction of sp³-hybridized carbons (Fsp3) is 0.304. The molecule has 0 fully saturated rings. The molecule has 27 heavy (non-hydrogen) atoms. The highest BCUT2D eigenvalue weighted by atomic mass is 16.5. The minimum absolute atomic E-state index is 0.0959. The largest absolute Gasteiger partial charge is 0.481 e. The molecule has 0 radical (unpaired) electrons. The first kappa shape index (κ1) is 20.4. The predicted octanol–water partition coefficient (Wildman–Crippen LogP) is 4.94. The molecular formula is C23H26O4. The average Bonchev–Trinajstić information content (AvgIpc) is 2.64. The molecule has 0 aliphatic carbocycles. The number of benzene rings is 2. The molecule has 0 aliphatic rings. The lowest BCUT2D eigenvalue weighted by atomic mass is 9.90. The Morgan fingerprint density at radius 2 is 1.63 bits per heavy atom. The van der Waals surface area contributed by atoms with Crippen LogP contribution in [0.3, 0.4) is 0 Å². The van der Waals surface area contributed by atoms with Gasteiger partial charge in [-0.25, -0.2) is 4.79 Å². The monoisotopic (exact) mass is 366 g/mol. The van der Waals surface area contributed by atoms with Gasteiger partial charge >= 0.3 is 11.9 Å². The molecule has 142 valence electrons. The van der Waals surface area contributed by atoms with Gasteiger partial charge in [-0.05, 0) is 40.7 Å². The summed E-state index contributed by atoms with van der Waals surface area (Å²) in [6.07, 6.45) is 4.53. The van der Waals surface area contributed by atoms with Crippen LogP contribution in [0.15, 0.2) is 54.6 Å². The van der Waals surface area contributed by atoms with Crippen LogP contribution in [0, 0.1) is 5.41 Å². The number of carboxylic acids is 1. The van der Waals surface area contributed by atoms with Crippen LogP contribution in [0.4, 0.5) is 0 Å². The molecular weight excluding hydrogens is 340 g/mol. The first-order chi connectivity index (χ1) is 12.7. The van der Waals surface area contributed by atoms with Crippen molar-refractivity contribution in [3.8, 4) is 0 Å². The number of allylic oxidation sites excluding steroid dienone is 1. The smallest absolute Gasteiger partial charge is 0.337 e. The van der Waals surface area contributed by atoms with E-state index in [-0.39, 0.29) is 5.41 Å². The number of hydrogen-bond acceptors (Lipinski definition) is 3. The van der Waals surface area contributed by atoms with Crippen molar-refractivity contribution in [2.45, 2.75) is 33.1 Å². The Morgan fingerprint density at radius 1 is 1.04 bits per heavy atom. The first-order valence-electron chi connectivity index (χ1n) is 8.89. The highest BCUT2D eigenvalue weighted by molar-refractivity contribution is 5.89. The van der Waals surface area contributed by atoms with E-state index in [0.29, 0.717) is 12.0 Å². The molecule has 2 aromatic rings. The van der Waals surface area contributed by atoms with Crippen molar-refractivity contribution < 1.29 is 19.4 Å². The Kier molecular flexibility index (Phi) is 6.56. The summed E-state index contributed by atoms with van der Waals surface area (Å²) in [5, 5.41) is 9.66. The van der Waals surface area contributed by atoms with Crippen molar-refractivity contribution >= 4 is 18.0 Å². The molecule has 1 atom stereocenters. The Hall–Kier alpha value is -2.88. The summed E-state index contributed by atoms with van der Waals surface area (Å²) in [5.41, 5.74) is 3.20. The Balaban J connectivity index is 2.16. The maximum atomic E-state index is 11.8. The Bertz CT molecular complexity index is 809. The molecule has 0 bridgehead atoms. The third kappa shape index (κ3) is 6.10. The summed E-state index contributed by atoms with van der Waals surface area (Å²) >= 11 is 0. The van der Waals surface area contributed by atoms with Crippen LogP contribution in [0.2, 0.25) is 0 Å². The van der Waals surface area contributed by atoms with E-state index in [0.717, 1.165) is 16.7 Å². The van der Waals surface area contributed by atoms with Gasteiger partial charge in [-0.2, -0.15) is 0 Å². The van der Waals surface area contributed by atoms with Crippen molar-refractivity contribution in [3.05, 3.63) is 76.9 Å². The zero-order chi connectivity index (χ0) is 20.0. The standard InChI is InChI=1S/C23H26O4/c1-23(2,3)14-13-16-5-9-18(10-6-16)20(21(24)25)15-17-7-11-19(12-8-17)22(26)27-4/h5-14,20H,15H2,1-4H3,(H,24,25). The Morgan fingerprint density at radius 3 is 2.11 bits per heavy atom. The normalized spacial score (nSPS) is 12.7. The number of esters is 1. The second-order valence-corrected chi connectivity index (χ2v) is 7.65. The van der Waals surface area contributed by atoms with Crippen LogP contribution in [-0.2, 0) is 16.0 Å². The van der Waals surface area contributed by atoms with Gasteiger partial charge in [0, 0.05) is 0 Å². The van der Waals surface area contributed by atoms with E-state index in [9.17, 15) is 14.7 Å². The molecule has 4 nitrogen and oxygen atoms in total. The maximum Gasteiger partial charge on any atom is 0.337 e. The Labute approximate surface area is 160 Å². The van der Waals surface area contributed by atoms with Gasteiger partial charge in [0.2, 0.25) is 0 Å². The lowest BCUT2D eigenvalue weighted by molar-refractivity contribution is -0.138. The van der Waals surface area contributed by atoms with Crippen molar-refractivity contribution in [2.75, 3.05) is 7.11 Å². The molecule has 0 aliphatic heterocycles. The number of aliphatic carboxylic acids is 1. The number of rotatable bonds is 6. The number of ether oxygens (including phenoxy) is 1. The second kappa shape index (κ2) is 8.67. The van der Waals surface area contributed by atoms with E-state index in [1.165, 1.54) is 7.11 Å². The van der Waals surface area contributed by atoms with Crippen LogP contribution in [-0.4, -0.2) is 24.2 Å². The quantitative estimate of drug-likeness (QED) is 0.735. The van der Waals surface area contributed by atoms with Gasteiger partial charge in [-0.3, -0.25) is 4.79 Å². The third-order valence-corrected chi connectivity index (χ3v) is 4.23. The van der Waals surface area contributed by atoms with Crippen molar-refractivity contribution in [1.29, 1.82) is 0 Å². The zero-order valence-corrected chi connectivity index (χ0v) is 16.2. The molecule has 0 aromatic heterocycles. The summed E-state index contributed by atoms with van der Waals surface area (Å²) < 4.78 is 4.68. The number of methoxy groups -OCH3 is 1. The van der Waals surface area contributed by atoms with Crippen molar-refractivity contribution in [1.82, 2.24) is 0 Å². The highest BCUT2D eigenvalue weighted by Crippen LogP contribution is 2.24. The topological polar surface area (TPSA) is 63.6 Å². The molecule has 2 aromatic carbocycles. The minimum Gasteiger partial charge on any atom is -0.481 e. The zero-order valence-electron chi connectivity index (χ0n) is 16.2. The summed E-state index contributed by atoms with van der Waals surface area (Å²) in [7, 11) is 1.33. The van der Waals surface area contributed by atoms with Crippen LogP contribution in [0.1, 0.15) is 53.7 Å². The molecule has 1 N–H and O–H groups in total. The number of carbonyl (C=O) groups excluding carboxylic acids is 1. The average molecular weight is 366 g/mol. The summed E-state index contributed by atoms with van der Waals surface area (Å²) in [4.78, 5) is 23.3. The molecule has 0 spiro atoms. The van der Waals surface area contributed by atoms with Gasteiger partial charge in [-0.15, -0.1) is 0 Å². The fourth-order valence-corrected chi connectivity index (χ4v) is 2.66. The van der Waals surface area contributed by atoms with Gasteiger partial charge in [0.25, 0.3) is 0 Å². The third-order valence-electron chi connectivity index (χ3n) is 4.23. The predicted molar refractivity (Wildman–Crippen MR) is 107 cm³/mol. The number of carbonyl (C=O) groups is 2. The van der Waals surface area contributed by atoms with E-state index in [2.05, 4.69) is 31.6 Å².